The number of ether oxygens (including phenoxy) is 1. The van der Waals surface area contributed by atoms with Crippen LogP contribution in [0.2, 0.25) is 5.02 Å². The van der Waals surface area contributed by atoms with Crippen LogP contribution in [0.25, 0.3) is 0 Å². The number of carbonyl (C=O) groups is 1. The lowest BCUT2D eigenvalue weighted by molar-refractivity contribution is -0.123. The van der Waals surface area contributed by atoms with Gasteiger partial charge >= 0.3 is 0 Å². The van der Waals surface area contributed by atoms with Crippen molar-refractivity contribution < 1.29 is 9.53 Å². The van der Waals surface area contributed by atoms with Crippen LogP contribution in [0.15, 0.2) is 83.3 Å². The monoisotopic (exact) mass is 429 g/mol. The van der Waals surface area contributed by atoms with Crippen molar-refractivity contribution in [2.75, 3.05) is 6.61 Å². The first kappa shape index (κ1) is 18.5. The van der Waals surface area contributed by atoms with Crippen LogP contribution in [0.1, 0.15) is 17.2 Å². The first-order valence-corrected chi connectivity index (χ1v) is 9.27. The molecule has 0 saturated carbocycles. The second-order valence-electron chi connectivity index (χ2n) is 5.69. The molecule has 1 amide bonds. The first-order valence-electron chi connectivity index (χ1n) is 8.10. The predicted octanol–water partition coefficient (Wildman–Crippen LogP) is 5.39. The molecule has 3 nitrogen and oxygen atoms in total. The SMILES string of the molecule is O=C(COc1ccc(Cl)cc1Br)NC(c1ccccc1)c1ccccc1. The average molecular weight is 431 g/mol. The third-order valence-electron chi connectivity index (χ3n) is 3.82. The topological polar surface area (TPSA) is 38.3 Å². The highest BCUT2D eigenvalue weighted by Gasteiger charge is 2.17. The zero-order valence-electron chi connectivity index (χ0n) is 13.9. The van der Waals surface area contributed by atoms with E-state index in [4.69, 9.17) is 16.3 Å². The van der Waals surface area contributed by atoms with Gasteiger partial charge in [0, 0.05) is 5.02 Å². The minimum Gasteiger partial charge on any atom is -0.483 e. The number of amides is 1. The number of rotatable bonds is 6. The zero-order chi connectivity index (χ0) is 18.4. The molecule has 0 unspecified atom stereocenters. The summed E-state index contributed by atoms with van der Waals surface area (Å²) in [6.07, 6.45) is 0. The van der Waals surface area contributed by atoms with Crippen molar-refractivity contribution in [3.8, 4) is 5.75 Å². The molecule has 5 heteroatoms. The summed E-state index contributed by atoms with van der Waals surface area (Å²) >= 11 is 9.30. The highest BCUT2D eigenvalue weighted by atomic mass is 79.9. The van der Waals surface area contributed by atoms with Crippen molar-refractivity contribution in [1.29, 1.82) is 0 Å². The Labute approximate surface area is 166 Å². The highest BCUT2D eigenvalue weighted by molar-refractivity contribution is 9.10. The van der Waals surface area contributed by atoms with Gasteiger partial charge in [-0.25, -0.2) is 0 Å². The van der Waals surface area contributed by atoms with Gasteiger partial charge in [-0.05, 0) is 45.3 Å². The molecule has 0 radical (unpaired) electrons. The lowest BCUT2D eigenvalue weighted by Gasteiger charge is -2.20. The maximum atomic E-state index is 12.5. The van der Waals surface area contributed by atoms with E-state index in [0.29, 0.717) is 15.2 Å². The highest BCUT2D eigenvalue weighted by Crippen LogP contribution is 2.28. The minimum absolute atomic E-state index is 0.0869. The van der Waals surface area contributed by atoms with Crippen molar-refractivity contribution >= 4 is 33.4 Å². The number of nitrogens with one attached hydrogen (secondary N) is 1. The summed E-state index contributed by atoms with van der Waals surface area (Å²) in [5, 5.41) is 3.64. The summed E-state index contributed by atoms with van der Waals surface area (Å²) < 4.78 is 6.32. The fourth-order valence-electron chi connectivity index (χ4n) is 2.59. The standard InChI is InChI=1S/C21H17BrClNO2/c22-18-13-17(23)11-12-19(18)26-14-20(25)24-21(15-7-3-1-4-8-15)16-9-5-2-6-10-16/h1-13,21H,14H2,(H,24,25). The summed E-state index contributed by atoms with van der Waals surface area (Å²) in [4.78, 5) is 12.5. The van der Waals surface area contributed by atoms with E-state index in [2.05, 4.69) is 21.2 Å². The van der Waals surface area contributed by atoms with E-state index >= 15 is 0 Å². The fourth-order valence-corrected chi connectivity index (χ4v) is 3.39. The van der Waals surface area contributed by atoms with Gasteiger partial charge in [-0.15, -0.1) is 0 Å². The second kappa shape index (κ2) is 8.88. The number of carbonyl (C=O) groups excluding carboxylic acids is 1. The number of benzene rings is 3. The zero-order valence-corrected chi connectivity index (χ0v) is 16.2. The molecule has 0 atom stereocenters. The van der Waals surface area contributed by atoms with Crippen molar-refractivity contribution in [3.63, 3.8) is 0 Å². The normalized spacial score (nSPS) is 10.6. The molecule has 0 aliphatic carbocycles. The van der Waals surface area contributed by atoms with Gasteiger partial charge in [0.15, 0.2) is 6.61 Å². The van der Waals surface area contributed by atoms with Gasteiger partial charge in [0.25, 0.3) is 5.91 Å². The van der Waals surface area contributed by atoms with E-state index in [9.17, 15) is 4.79 Å². The molecule has 0 aliphatic rings. The summed E-state index contributed by atoms with van der Waals surface area (Å²) in [6.45, 7) is -0.0869. The van der Waals surface area contributed by atoms with Crippen LogP contribution in [0, 0.1) is 0 Å². The molecular weight excluding hydrogens is 414 g/mol. The van der Waals surface area contributed by atoms with Crippen molar-refractivity contribution in [3.05, 3.63) is 99.5 Å². The number of halogens is 2. The van der Waals surface area contributed by atoms with Crippen LogP contribution < -0.4 is 10.1 Å². The molecule has 26 heavy (non-hydrogen) atoms. The number of hydrogen-bond acceptors (Lipinski definition) is 2. The Bertz CT molecular complexity index is 832. The molecule has 3 aromatic carbocycles. The van der Waals surface area contributed by atoms with Gasteiger partial charge in [-0.1, -0.05) is 72.3 Å². The maximum absolute atomic E-state index is 12.5. The maximum Gasteiger partial charge on any atom is 0.258 e. The van der Waals surface area contributed by atoms with Crippen molar-refractivity contribution in [1.82, 2.24) is 5.32 Å². The fraction of sp³-hybridized carbons (Fsp3) is 0.0952. The minimum atomic E-state index is -0.234. The van der Waals surface area contributed by atoms with Crippen LogP contribution in [0.4, 0.5) is 0 Å². The summed E-state index contributed by atoms with van der Waals surface area (Å²) in [5.41, 5.74) is 2.03. The summed E-state index contributed by atoms with van der Waals surface area (Å²) in [7, 11) is 0. The lowest BCUT2D eigenvalue weighted by Crippen LogP contribution is -2.33. The molecule has 0 aromatic heterocycles. The second-order valence-corrected chi connectivity index (χ2v) is 6.98. The quantitative estimate of drug-likeness (QED) is 0.569. The Morgan fingerprint density at radius 2 is 1.54 bits per heavy atom. The van der Waals surface area contributed by atoms with Gasteiger partial charge in [0.1, 0.15) is 5.75 Å². The van der Waals surface area contributed by atoms with Gasteiger partial charge in [0.2, 0.25) is 0 Å². The molecular formula is C21H17BrClNO2. The predicted molar refractivity (Wildman–Crippen MR) is 108 cm³/mol. The van der Waals surface area contributed by atoms with E-state index in [0.717, 1.165) is 11.1 Å². The molecule has 3 aromatic rings. The summed E-state index contributed by atoms with van der Waals surface area (Å²) in [5.74, 6) is 0.366. The Kier molecular flexibility index (Phi) is 6.31. The average Bonchev–Trinajstić information content (AvgIpc) is 2.67. The Morgan fingerprint density at radius 1 is 0.962 bits per heavy atom. The number of hydrogen-bond donors (Lipinski definition) is 1. The first-order chi connectivity index (χ1) is 12.6. The van der Waals surface area contributed by atoms with Gasteiger partial charge in [-0.2, -0.15) is 0 Å². The molecule has 0 saturated heterocycles. The molecule has 132 valence electrons. The third kappa shape index (κ3) is 4.87. The molecule has 3 rings (SSSR count). The Hall–Kier alpha value is -2.30. The van der Waals surface area contributed by atoms with E-state index in [-0.39, 0.29) is 18.6 Å². The van der Waals surface area contributed by atoms with E-state index < -0.39 is 0 Å². The van der Waals surface area contributed by atoms with Gasteiger partial charge < -0.3 is 10.1 Å². The van der Waals surface area contributed by atoms with Gasteiger partial charge in [-0.3, -0.25) is 4.79 Å². The molecule has 0 fully saturated rings. The van der Waals surface area contributed by atoms with Crippen molar-refractivity contribution in [2.24, 2.45) is 0 Å². The van der Waals surface area contributed by atoms with E-state index in [1.807, 2.05) is 60.7 Å². The molecule has 1 N–H and O–H groups in total. The largest absolute Gasteiger partial charge is 0.483 e. The van der Waals surface area contributed by atoms with Crippen LogP contribution in [0.3, 0.4) is 0 Å². The molecule has 0 aliphatic heterocycles. The van der Waals surface area contributed by atoms with Gasteiger partial charge in [0.05, 0.1) is 10.5 Å². The van der Waals surface area contributed by atoms with E-state index in [1.165, 1.54) is 0 Å². The molecule has 0 heterocycles. The lowest BCUT2D eigenvalue weighted by atomic mass is 9.99. The molecule has 0 bridgehead atoms. The van der Waals surface area contributed by atoms with E-state index in [1.54, 1.807) is 18.2 Å². The van der Waals surface area contributed by atoms with Crippen LogP contribution in [-0.4, -0.2) is 12.5 Å². The third-order valence-corrected chi connectivity index (χ3v) is 4.68. The molecule has 0 spiro atoms. The van der Waals surface area contributed by atoms with Crippen molar-refractivity contribution in [2.45, 2.75) is 6.04 Å². The smallest absolute Gasteiger partial charge is 0.258 e. The van der Waals surface area contributed by atoms with Crippen LogP contribution in [0.5, 0.6) is 5.75 Å². The summed E-state index contributed by atoms with van der Waals surface area (Å²) in [6, 6.07) is 24.7. The van der Waals surface area contributed by atoms with Crippen LogP contribution in [-0.2, 0) is 4.79 Å². The van der Waals surface area contributed by atoms with Crippen LogP contribution >= 0.6 is 27.5 Å². The Morgan fingerprint density at radius 3 is 2.08 bits per heavy atom. The Balaban J connectivity index is 1.71.